The number of hydrogen-bond acceptors (Lipinski definition) is 2. The largest absolute Gasteiger partial charge is 0.388 e. The van der Waals surface area contributed by atoms with Crippen LogP contribution in [-0.2, 0) is 0 Å². The van der Waals surface area contributed by atoms with Crippen molar-refractivity contribution in [3.8, 4) is 0 Å². The van der Waals surface area contributed by atoms with Crippen molar-refractivity contribution in [1.82, 2.24) is 0 Å². The first-order valence-corrected chi connectivity index (χ1v) is 7.65. The fraction of sp³-hybridized carbons (Fsp3) is 0.600. The van der Waals surface area contributed by atoms with Gasteiger partial charge in [-0.15, -0.1) is 0 Å². The number of nitrogens with two attached hydrogens (primary N) is 1. The minimum absolute atomic E-state index is 0.309. The van der Waals surface area contributed by atoms with Gasteiger partial charge in [0.1, 0.15) is 5.82 Å². The highest BCUT2D eigenvalue weighted by atomic mass is 79.9. The Morgan fingerprint density at radius 3 is 2.89 bits per heavy atom. The number of aliphatic hydroxyl groups is 1. The molecule has 1 saturated carbocycles. The Bertz CT molecular complexity index is 454. The summed E-state index contributed by atoms with van der Waals surface area (Å²) in [4.78, 5) is 0. The predicted octanol–water partition coefficient (Wildman–Crippen LogP) is 3.78. The van der Waals surface area contributed by atoms with Crippen molar-refractivity contribution in [3.05, 3.63) is 34.1 Å². The van der Waals surface area contributed by atoms with E-state index >= 15 is 0 Å². The first-order chi connectivity index (χ1) is 9.02. The molecule has 2 nitrogen and oxygen atoms in total. The molecule has 0 saturated heterocycles. The number of aliphatic hydroxyl groups excluding tert-OH is 1. The van der Waals surface area contributed by atoms with Crippen molar-refractivity contribution in [3.63, 3.8) is 0 Å². The summed E-state index contributed by atoms with van der Waals surface area (Å²) in [6.45, 7) is 2.61. The van der Waals surface area contributed by atoms with Gasteiger partial charge in [-0.3, -0.25) is 0 Å². The normalized spacial score (nSPS) is 28.6. The van der Waals surface area contributed by atoms with Crippen LogP contribution in [0.25, 0.3) is 0 Å². The fourth-order valence-corrected chi connectivity index (χ4v) is 3.68. The van der Waals surface area contributed by atoms with Crippen molar-refractivity contribution in [2.75, 3.05) is 6.54 Å². The Balaban J connectivity index is 2.31. The van der Waals surface area contributed by atoms with Crippen LogP contribution in [0.3, 0.4) is 0 Å². The van der Waals surface area contributed by atoms with Crippen LogP contribution in [-0.4, -0.2) is 11.7 Å². The molecule has 1 aromatic rings. The van der Waals surface area contributed by atoms with Crippen LogP contribution in [0, 0.1) is 17.2 Å². The van der Waals surface area contributed by atoms with Gasteiger partial charge in [0.25, 0.3) is 0 Å². The molecule has 106 valence electrons. The van der Waals surface area contributed by atoms with Gasteiger partial charge in [0.05, 0.1) is 6.10 Å². The highest BCUT2D eigenvalue weighted by Gasteiger charge is 2.44. The first-order valence-electron chi connectivity index (χ1n) is 6.85. The molecule has 0 spiro atoms. The van der Waals surface area contributed by atoms with Gasteiger partial charge in [-0.1, -0.05) is 29.3 Å². The molecule has 0 aromatic heterocycles. The zero-order chi connectivity index (χ0) is 14.0. The molecule has 4 heteroatoms. The van der Waals surface area contributed by atoms with Crippen molar-refractivity contribution < 1.29 is 9.50 Å². The summed E-state index contributed by atoms with van der Waals surface area (Å²) in [6.07, 6.45) is 3.33. The lowest BCUT2D eigenvalue weighted by Gasteiger charge is -2.34. The zero-order valence-corrected chi connectivity index (χ0v) is 12.8. The summed E-state index contributed by atoms with van der Waals surface area (Å²) in [5, 5.41) is 10.7. The maximum Gasteiger partial charge on any atom is 0.123 e. The molecule has 0 aliphatic heterocycles. The van der Waals surface area contributed by atoms with E-state index in [1.165, 1.54) is 12.1 Å². The molecular weight excluding hydrogens is 309 g/mol. The highest BCUT2D eigenvalue weighted by Crippen LogP contribution is 2.51. The standard InChI is InChI=1S/C15H21BrFNO/c1-2-10-5-6-15(8-10,9-18)14(19)12-7-11(17)3-4-13(12)16/h3-4,7,10,14,19H,2,5-6,8-9,18H2,1H3. The van der Waals surface area contributed by atoms with Crippen molar-refractivity contribution in [2.45, 2.75) is 38.7 Å². The maximum atomic E-state index is 13.4. The van der Waals surface area contributed by atoms with Gasteiger partial charge in [0, 0.05) is 16.4 Å². The third-order valence-corrected chi connectivity index (χ3v) is 5.28. The van der Waals surface area contributed by atoms with Gasteiger partial charge in [-0.2, -0.15) is 0 Å². The lowest BCUT2D eigenvalue weighted by molar-refractivity contribution is 0.0294. The summed E-state index contributed by atoms with van der Waals surface area (Å²) in [6, 6.07) is 4.44. The smallest absolute Gasteiger partial charge is 0.123 e. The number of benzene rings is 1. The molecule has 1 aliphatic carbocycles. The van der Waals surface area contributed by atoms with E-state index in [1.54, 1.807) is 6.07 Å². The molecule has 1 aromatic carbocycles. The Kier molecular flexibility index (Phi) is 4.64. The average Bonchev–Trinajstić information content (AvgIpc) is 2.85. The number of rotatable bonds is 4. The summed E-state index contributed by atoms with van der Waals surface area (Å²) < 4.78 is 14.1. The van der Waals surface area contributed by atoms with Crippen LogP contribution in [0.1, 0.15) is 44.3 Å². The van der Waals surface area contributed by atoms with E-state index in [1.807, 2.05) is 0 Å². The molecule has 3 N–H and O–H groups in total. The van der Waals surface area contributed by atoms with Gasteiger partial charge in [-0.25, -0.2) is 4.39 Å². The summed E-state index contributed by atoms with van der Waals surface area (Å²) in [5.74, 6) is 0.292. The van der Waals surface area contributed by atoms with Crippen molar-refractivity contribution in [2.24, 2.45) is 17.1 Å². The zero-order valence-electron chi connectivity index (χ0n) is 11.2. The molecular formula is C15H21BrFNO. The minimum atomic E-state index is -0.709. The van der Waals surface area contributed by atoms with Crippen LogP contribution in [0.4, 0.5) is 4.39 Å². The SMILES string of the molecule is CCC1CCC(CN)(C(O)c2cc(F)ccc2Br)C1. The molecule has 19 heavy (non-hydrogen) atoms. The maximum absolute atomic E-state index is 13.4. The summed E-state index contributed by atoms with van der Waals surface area (Å²) in [7, 11) is 0. The molecule has 0 heterocycles. The lowest BCUT2D eigenvalue weighted by Crippen LogP contribution is -2.34. The molecule has 1 aliphatic rings. The molecule has 0 bridgehead atoms. The predicted molar refractivity (Wildman–Crippen MR) is 78.2 cm³/mol. The van der Waals surface area contributed by atoms with Gasteiger partial charge >= 0.3 is 0 Å². The van der Waals surface area contributed by atoms with Gasteiger partial charge < -0.3 is 10.8 Å². The average molecular weight is 330 g/mol. The highest BCUT2D eigenvalue weighted by molar-refractivity contribution is 9.10. The summed E-state index contributed by atoms with van der Waals surface area (Å²) >= 11 is 3.40. The van der Waals surface area contributed by atoms with Crippen molar-refractivity contribution in [1.29, 1.82) is 0 Å². The number of halogens is 2. The Hall–Kier alpha value is -0.450. The van der Waals surface area contributed by atoms with E-state index in [0.29, 0.717) is 18.0 Å². The number of hydrogen-bond donors (Lipinski definition) is 2. The monoisotopic (exact) mass is 329 g/mol. The van der Waals surface area contributed by atoms with Crippen LogP contribution in [0.15, 0.2) is 22.7 Å². The Morgan fingerprint density at radius 2 is 2.32 bits per heavy atom. The first kappa shape index (κ1) is 14.9. The van der Waals surface area contributed by atoms with E-state index < -0.39 is 6.10 Å². The second-order valence-electron chi connectivity index (χ2n) is 5.65. The van der Waals surface area contributed by atoms with E-state index in [9.17, 15) is 9.50 Å². The Labute approximate surface area is 122 Å². The summed E-state index contributed by atoms with van der Waals surface area (Å²) in [5.41, 5.74) is 6.25. The third-order valence-electron chi connectivity index (χ3n) is 4.56. The van der Waals surface area contributed by atoms with E-state index in [2.05, 4.69) is 22.9 Å². The second-order valence-corrected chi connectivity index (χ2v) is 6.51. The van der Waals surface area contributed by atoms with E-state index in [4.69, 9.17) is 5.73 Å². The van der Waals surface area contributed by atoms with Crippen LogP contribution >= 0.6 is 15.9 Å². The molecule has 1 fully saturated rings. The topological polar surface area (TPSA) is 46.2 Å². The van der Waals surface area contributed by atoms with Crippen LogP contribution < -0.4 is 5.73 Å². The Morgan fingerprint density at radius 1 is 1.58 bits per heavy atom. The fourth-order valence-electron chi connectivity index (χ4n) is 3.22. The molecule has 2 rings (SSSR count). The molecule has 0 amide bonds. The van der Waals surface area contributed by atoms with Gasteiger partial charge in [0.15, 0.2) is 0 Å². The molecule has 3 atom stereocenters. The van der Waals surface area contributed by atoms with Crippen LogP contribution in [0.5, 0.6) is 0 Å². The quantitative estimate of drug-likeness (QED) is 0.883. The molecule has 3 unspecified atom stereocenters. The third kappa shape index (κ3) is 2.86. The minimum Gasteiger partial charge on any atom is -0.388 e. The van der Waals surface area contributed by atoms with Gasteiger partial charge in [-0.05, 0) is 48.9 Å². The van der Waals surface area contributed by atoms with E-state index in [-0.39, 0.29) is 11.2 Å². The van der Waals surface area contributed by atoms with Crippen LogP contribution in [0.2, 0.25) is 0 Å². The van der Waals surface area contributed by atoms with Gasteiger partial charge in [0.2, 0.25) is 0 Å². The van der Waals surface area contributed by atoms with Crippen molar-refractivity contribution >= 4 is 15.9 Å². The lowest BCUT2D eigenvalue weighted by atomic mass is 9.76. The molecule has 0 radical (unpaired) electrons. The second kappa shape index (κ2) is 5.90. The van der Waals surface area contributed by atoms with E-state index in [0.717, 1.165) is 30.2 Å².